The lowest BCUT2D eigenvalue weighted by atomic mass is 10.1. The van der Waals surface area contributed by atoms with Gasteiger partial charge in [-0.1, -0.05) is 0 Å². The minimum absolute atomic E-state index is 0.188. The van der Waals surface area contributed by atoms with Gasteiger partial charge in [0, 0.05) is 6.54 Å². The molecule has 1 unspecified atom stereocenters. The fourth-order valence-corrected chi connectivity index (χ4v) is 2.52. The van der Waals surface area contributed by atoms with Gasteiger partial charge in [-0.05, 0) is 51.1 Å². The molecule has 1 aliphatic heterocycles. The zero-order chi connectivity index (χ0) is 15.2. The Morgan fingerprint density at radius 2 is 2.00 bits per heavy atom. The van der Waals surface area contributed by atoms with Crippen molar-refractivity contribution in [2.75, 3.05) is 34.4 Å². The number of likely N-dealkylation sites (tertiary alicyclic amines) is 1. The number of carbonyl (C=O) groups excluding carboxylic acids is 1. The molecule has 21 heavy (non-hydrogen) atoms. The Morgan fingerprint density at radius 3 is 2.71 bits per heavy atom. The van der Waals surface area contributed by atoms with Gasteiger partial charge in [0.25, 0.3) is 0 Å². The molecule has 0 aromatic heterocycles. The number of methoxy groups -OCH3 is 2. The SMILES string of the molecule is COC(=O)c1ccc(OC2CCCN(C)CC2)c(OC)c1. The minimum atomic E-state index is -0.379. The average molecular weight is 293 g/mol. The number of ether oxygens (including phenoxy) is 3. The third-order valence-electron chi connectivity index (χ3n) is 3.78. The molecule has 1 aliphatic rings. The molecule has 0 N–H and O–H groups in total. The molecule has 0 amide bonds. The Balaban J connectivity index is 2.10. The maximum Gasteiger partial charge on any atom is 0.337 e. The van der Waals surface area contributed by atoms with E-state index in [1.807, 2.05) is 0 Å². The first kappa shape index (κ1) is 15.6. The van der Waals surface area contributed by atoms with Gasteiger partial charge in [-0.2, -0.15) is 0 Å². The fraction of sp³-hybridized carbons (Fsp3) is 0.562. The van der Waals surface area contributed by atoms with Gasteiger partial charge in [-0.25, -0.2) is 4.79 Å². The van der Waals surface area contributed by atoms with Gasteiger partial charge in [0.05, 0.1) is 19.8 Å². The van der Waals surface area contributed by atoms with Crippen LogP contribution in [0.25, 0.3) is 0 Å². The van der Waals surface area contributed by atoms with Crippen LogP contribution in [-0.2, 0) is 4.74 Å². The normalized spacial score (nSPS) is 19.7. The highest BCUT2D eigenvalue weighted by Gasteiger charge is 2.19. The van der Waals surface area contributed by atoms with Crippen LogP contribution in [0.3, 0.4) is 0 Å². The Bertz CT molecular complexity index is 489. The standard InChI is InChI=1S/C16H23NO4/c1-17-9-4-5-13(8-10-17)21-14-7-6-12(16(18)20-3)11-15(14)19-2/h6-7,11,13H,4-5,8-10H2,1-3H3. The van der Waals surface area contributed by atoms with Crippen molar-refractivity contribution in [3.8, 4) is 11.5 Å². The molecular formula is C16H23NO4. The summed E-state index contributed by atoms with van der Waals surface area (Å²) in [5.41, 5.74) is 0.460. The van der Waals surface area contributed by atoms with E-state index in [9.17, 15) is 4.79 Å². The van der Waals surface area contributed by atoms with Crippen LogP contribution in [0.15, 0.2) is 18.2 Å². The average Bonchev–Trinajstić information content (AvgIpc) is 2.71. The number of hydrogen-bond donors (Lipinski definition) is 0. The predicted octanol–water partition coefficient (Wildman–Crippen LogP) is 2.34. The van der Waals surface area contributed by atoms with Crippen molar-refractivity contribution < 1.29 is 19.0 Å². The smallest absolute Gasteiger partial charge is 0.337 e. The molecule has 1 atom stereocenters. The molecule has 0 saturated carbocycles. The van der Waals surface area contributed by atoms with Gasteiger partial charge in [-0.3, -0.25) is 0 Å². The monoisotopic (exact) mass is 293 g/mol. The quantitative estimate of drug-likeness (QED) is 0.798. The maximum absolute atomic E-state index is 11.5. The van der Waals surface area contributed by atoms with E-state index in [1.54, 1.807) is 25.3 Å². The Kier molecular flexibility index (Phi) is 5.44. The highest BCUT2D eigenvalue weighted by molar-refractivity contribution is 5.90. The van der Waals surface area contributed by atoms with Crippen LogP contribution in [0.1, 0.15) is 29.6 Å². The molecular weight excluding hydrogens is 270 g/mol. The predicted molar refractivity (Wildman–Crippen MR) is 80.1 cm³/mol. The summed E-state index contributed by atoms with van der Waals surface area (Å²) in [5.74, 6) is 0.867. The van der Waals surface area contributed by atoms with Crippen LogP contribution < -0.4 is 9.47 Å². The molecule has 0 radical (unpaired) electrons. The molecule has 0 bridgehead atoms. The van der Waals surface area contributed by atoms with E-state index in [2.05, 4.69) is 11.9 Å². The minimum Gasteiger partial charge on any atom is -0.493 e. The van der Waals surface area contributed by atoms with Crippen molar-refractivity contribution >= 4 is 5.97 Å². The van der Waals surface area contributed by atoms with E-state index in [1.165, 1.54) is 7.11 Å². The number of esters is 1. The lowest BCUT2D eigenvalue weighted by Crippen LogP contribution is -2.21. The van der Waals surface area contributed by atoms with Crippen molar-refractivity contribution in [2.24, 2.45) is 0 Å². The molecule has 1 saturated heterocycles. The molecule has 1 fully saturated rings. The van der Waals surface area contributed by atoms with Crippen molar-refractivity contribution in [2.45, 2.75) is 25.4 Å². The van der Waals surface area contributed by atoms with Gasteiger partial charge in [0.15, 0.2) is 11.5 Å². The Hall–Kier alpha value is -1.75. The van der Waals surface area contributed by atoms with Gasteiger partial charge >= 0.3 is 5.97 Å². The molecule has 0 spiro atoms. The summed E-state index contributed by atoms with van der Waals surface area (Å²) in [7, 11) is 5.07. The topological polar surface area (TPSA) is 48.0 Å². The van der Waals surface area contributed by atoms with Gasteiger partial charge < -0.3 is 19.1 Å². The number of hydrogen-bond acceptors (Lipinski definition) is 5. The van der Waals surface area contributed by atoms with Gasteiger partial charge in [0.1, 0.15) is 6.10 Å². The second-order valence-corrected chi connectivity index (χ2v) is 5.33. The van der Waals surface area contributed by atoms with Gasteiger partial charge in [-0.15, -0.1) is 0 Å². The molecule has 5 heteroatoms. The lowest BCUT2D eigenvalue weighted by Gasteiger charge is -2.19. The maximum atomic E-state index is 11.5. The van der Waals surface area contributed by atoms with Crippen LogP contribution in [0, 0.1) is 0 Å². The van der Waals surface area contributed by atoms with Crippen molar-refractivity contribution in [3.05, 3.63) is 23.8 Å². The van der Waals surface area contributed by atoms with E-state index in [0.717, 1.165) is 32.4 Å². The summed E-state index contributed by atoms with van der Waals surface area (Å²) >= 11 is 0. The molecule has 1 aromatic carbocycles. The molecule has 2 rings (SSSR count). The molecule has 5 nitrogen and oxygen atoms in total. The zero-order valence-electron chi connectivity index (χ0n) is 12.9. The highest BCUT2D eigenvalue weighted by Crippen LogP contribution is 2.30. The van der Waals surface area contributed by atoms with E-state index in [-0.39, 0.29) is 12.1 Å². The third kappa shape index (κ3) is 4.11. The molecule has 1 heterocycles. The summed E-state index contributed by atoms with van der Waals surface area (Å²) < 4.78 is 16.1. The first-order chi connectivity index (χ1) is 10.1. The Labute approximate surface area is 125 Å². The number of nitrogens with zero attached hydrogens (tertiary/aromatic N) is 1. The molecule has 116 valence electrons. The van der Waals surface area contributed by atoms with Crippen LogP contribution in [0.4, 0.5) is 0 Å². The largest absolute Gasteiger partial charge is 0.493 e. The molecule has 0 aliphatic carbocycles. The summed E-state index contributed by atoms with van der Waals surface area (Å²) in [6.07, 6.45) is 3.35. The zero-order valence-corrected chi connectivity index (χ0v) is 12.9. The van der Waals surface area contributed by atoms with E-state index >= 15 is 0 Å². The lowest BCUT2D eigenvalue weighted by molar-refractivity contribution is 0.0600. The second kappa shape index (κ2) is 7.31. The summed E-state index contributed by atoms with van der Waals surface area (Å²) in [6.45, 7) is 2.14. The fourth-order valence-electron chi connectivity index (χ4n) is 2.52. The molecule has 1 aromatic rings. The first-order valence-electron chi connectivity index (χ1n) is 7.25. The second-order valence-electron chi connectivity index (χ2n) is 5.33. The van der Waals surface area contributed by atoms with Crippen molar-refractivity contribution in [1.29, 1.82) is 0 Å². The summed E-state index contributed by atoms with van der Waals surface area (Å²) in [6, 6.07) is 5.14. The van der Waals surface area contributed by atoms with Gasteiger partial charge in [0.2, 0.25) is 0 Å². The summed E-state index contributed by atoms with van der Waals surface area (Å²) in [4.78, 5) is 13.9. The van der Waals surface area contributed by atoms with Crippen LogP contribution in [0.5, 0.6) is 11.5 Å². The van der Waals surface area contributed by atoms with Crippen LogP contribution in [0.2, 0.25) is 0 Å². The van der Waals surface area contributed by atoms with Crippen LogP contribution >= 0.6 is 0 Å². The Morgan fingerprint density at radius 1 is 1.19 bits per heavy atom. The highest BCUT2D eigenvalue weighted by atomic mass is 16.5. The van der Waals surface area contributed by atoms with Crippen LogP contribution in [-0.4, -0.2) is 51.3 Å². The number of benzene rings is 1. The van der Waals surface area contributed by atoms with Crippen molar-refractivity contribution in [1.82, 2.24) is 4.90 Å². The summed E-state index contributed by atoms with van der Waals surface area (Å²) in [5, 5.41) is 0. The number of rotatable bonds is 4. The van der Waals surface area contributed by atoms with E-state index < -0.39 is 0 Å². The van der Waals surface area contributed by atoms with E-state index in [0.29, 0.717) is 17.1 Å². The third-order valence-corrected chi connectivity index (χ3v) is 3.78. The van der Waals surface area contributed by atoms with E-state index in [4.69, 9.17) is 14.2 Å². The first-order valence-corrected chi connectivity index (χ1v) is 7.25. The van der Waals surface area contributed by atoms with Crippen molar-refractivity contribution in [3.63, 3.8) is 0 Å². The number of carbonyl (C=O) groups is 1.